The quantitative estimate of drug-likeness (QED) is 0.132. The summed E-state index contributed by atoms with van der Waals surface area (Å²) in [5.41, 5.74) is 0. The Kier molecular flexibility index (Phi) is 8.84. The van der Waals surface area contributed by atoms with Gasteiger partial charge in [-0.1, -0.05) is 0 Å². The molecule has 0 unspecified atom stereocenters. The third-order valence-electron chi connectivity index (χ3n) is 1.78. The summed E-state index contributed by atoms with van der Waals surface area (Å²) in [4.78, 5) is 13.1. The lowest BCUT2D eigenvalue weighted by Crippen LogP contribution is -2.24. The average molecular weight is 247 g/mol. The molecule has 0 saturated heterocycles. The van der Waals surface area contributed by atoms with Crippen LogP contribution in [0.5, 0.6) is 0 Å². The van der Waals surface area contributed by atoms with Gasteiger partial charge in [0.1, 0.15) is 6.73 Å². The van der Waals surface area contributed by atoms with E-state index in [1.165, 1.54) is 19.3 Å². The van der Waals surface area contributed by atoms with E-state index in [4.69, 9.17) is 14.9 Å². The predicted octanol–water partition coefficient (Wildman–Crippen LogP) is -0.540. The minimum atomic E-state index is -0.593. The summed E-state index contributed by atoms with van der Waals surface area (Å²) in [7, 11) is 0. The number of hydrogen-bond donors (Lipinski definition) is 3. The summed E-state index contributed by atoms with van der Waals surface area (Å²) in [6.07, 6.45) is 2.55. The fourth-order valence-electron chi connectivity index (χ4n) is 0.830. The largest absolute Gasteiger partial charge is 0.396 e. The van der Waals surface area contributed by atoms with Crippen LogP contribution in [0.1, 0.15) is 13.3 Å². The molecule has 0 bridgehead atoms. The molecule has 0 spiro atoms. The van der Waals surface area contributed by atoms with Crippen molar-refractivity contribution in [2.24, 2.45) is 4.99 Å². The van der Waals surface area contributed by atoms with Gasteiger partial charge >= 0.3 is 5.84 Å². The highest BCUT2D eigenvalue weighted by Crippen LogP contribution is 1.95. The molecule has 0 aromatic heterocycles. The summed E-state index contributed by atoms with van der Waals surface area (Å²) >= 11 is 0. The molecule has 8 nitrogen and oxygen atoms in total. The molecular weight excluding hydrogens is 230 g/mol. The van der Waals surface area contributed by atoms with Crippen LogP contribution in [0.3, 0.4) is 0 Å². The Bertz CT molecular complexity index is 280. The van der Waals surface area contributed by atoms with Crippen LogP contribution in [-0.4, -0.2) is 47.0 Å². The number of aliphatic hydroxyl groups excluding tert-OH is 2. The molecule has 0 amide bonds. The molecule has 0 rings (SSSR count). The molecule has 1 atom stereocenters. The van der Waals surface area contributed by atoms with E-state index in [0.717, 1.165) is 0 Å². The molecular formula is C9H17N3O5. The second kappa shape index (κ2) is 9.70. The summed E-state index contributed by atoms with van der Waals surface area (Å²) in [5.74, 6) is -0.211. The lowest BCUT2D eigenvalue weighted by Gasteiger charge is -2.13. The van der Waals surface area contributed by atoms with E-state index >= 15 is 0 Å². The molecule has 0 aromatic carbocycles. The maximum atomic E-state index is 10.2. The number of amidine groups is 1. The Morgan fingerprint density at radius 3 is 2.88 bits per heavy atom. The highest BCUT2D eigenvalue weighted by Gasteiger charge is 2.05. The first kappa shape index (κ1) is 15.5. The molecule has 3 N–H and O–H groups in total. The normalized spacial score (nSPS) is 13.9. The van der Waals surface area contributed by atoms with E-state index in [2.05, 4.69) is 10.3 Å². The van der Waals surface area contributed by atoms with Crippen molar-refractivity contribution in [2.75, 3.05) is 19.9 Å². The van der Waals surface area contributed by atoms with Gasteiger partial charge in [-0.3, -0.25) is 0 Å². The Morgan fingerprint density at radius 2 is 2.35 bits per heavy atom. The molecule has 0 aromatic rings. The van der Waals surface area contributed by atoms with E-state index in [9.17, 15) is 10.1 Å². The van der Waals surface area contributed by atoms with Crippen molar-refractivity contribution in [3.63, 3.8) is 0 Å². The minimum Gasteiger partial charge on any atom is -0.396 e. The number of aliphatic hydroxyl groups is 2. The van der Waals surface area contributed by atoms with E-state index in [1.807, 2.05) is 0 Å². The summed E-state index contributed by atoms with van der Waals surface area (Å²) < 4.78 is 5.13. The van der Waals surface area contributed by atoms with Crippen LogP contribution >= 0.6 is 0 Å². The van der Waals surface area contributed by atoms with Crippen molar-refractivity contribution in [1.82, 2.24) is 5.32 Å². The lowest BCUT2D eigenvalue weighted by molar-refractivity contribution is -0.351. The number of aliphatic imine (C=N–C) groups is 1. The summed E-state index contributed by atoms with van der Waals surface area (Å²) in [5, 5.41) is 30.3. The van der Waals surface area contributed by atoms with Crippen LogP contribution in [0.4, 0.5) is 0 Å². The van der Waals surface area contributed by atoms with Gasteiger partial charge in [-0.25, -0.2) is 0 Å². The standard InChI is InChI=1S/C9H17N3O5/c1-8(12(15)16)11-4-3-10-7-17-9(6-14)2-5-13/h3-4,9-10,13-14H,2,5-7H2,1H3/b4-3-,11-8?/t9-/m1/s1. The summed E-state index contributed by atoms with van der Waals surface area (Å²) in [6.45, 7) is 1.16. The first-order valence-corrected chi connectivity index (χ1v) is 5.02. The van der Waals surface area contributed by atoms with Crippen LogP contribution in [0.2, 0.25) is 0 Å². The summed E-state index contributed by atoms with van der Waals surface area (Å²) in [6, 6.07) is 0. The topological polar surface area (TPSA) is 117 Å². The molecule has 0 fully saturated rings. The molecule has 0 heterocycles. The zero-order valence-corrected chi connectivity index (χ0v) is 9.57. The first-order chi connectivity index (χ1) is 8.11. The van der Waals surface area contributed by atoms with Crippen molar-refractivity contribution in [3.8, 4) is 0 Å². The second-order valence-electron chi connectivity index (χ2n) is 3.08. The van der Waals surface area contributed by atoms with Crippen molar-refractivity contribution in [2.45, 2.75) is 19.4 Å². The van der Waals surface area contributed by atoms with Crippen LogP contribution < -0.4 is 5.32 Å². The molecule has 98 valence electrons. The third-order valence-corrected chi connectivity index (χ3v) is 1.78. The number of nitrogens with zero attached hydrogens (tertiary/aromatic N) is 2. The highest BCUT2D eigenvalue weighted by atomic mass is 16.6. The molecule has 0 aliphatic rings. The fourth-order valence-corrected chi connectivity index (χ4v) is 0.830. The molecule has 0 radical (unpaired) electrons. The van der Waals surface area contributed by atoms with Gasteiger partial charge in [0, 0.05) is 19.7 Å². The minimum absolute atomic E-state index is 0.0621. The first-order valence-electron chi connectivity index (χ1n) is 5.02. The van der Waals surface area contributed by atoms with Crippen molar-refractivity contribution in [3.05, 3.63) is 22.5 Å². The highest BCUT2D eigenvalue weighted by molar-refractivity contribution is 5.71. The number of hydrogen-bond acceptors (Lipinski definition) is 7. The maximum absolute atomic E-state index is 10.2. The molecule has 0 aliphatic heterocycles. The maximum Gasteiger partial charge on any atom is 0.335 e. The van der Waals surface area contributed by atoms with Crippen molar-refractivity contribution < 1.29 is 19.9 Å². The van der Waals surface area contributed by atoms with E-state index in [0.29, 0.717) is 6.42 Å². The van der Waals surface area contributed by atoms with Crippen LogP contribution in [0, 0.1) is 10.1 Å². The monoisotopic (exact) mass is 247 g/mol. The zero-order valence-electron chi connectivity index (χ0n) is 9.57. The van der Waals surface area contributed by atoms with Gasteiger partial charge in [-0.05, 0) is 16.3 Å². The van der Waals surface area contributed by atoms with Crippen LogP contribution in [-0.2, 0) is 4.74 Å². The van der Waals surface area contributed by atoms with E-state index in [1.54, 1.807) is 0 Å². The van der Waals surface area contributed by atoms with Crippen LogP contribution in [0.15, 0.2) is 17.4 Å². The number of rotatable bonds is 8. The Labute approximate surface area is 98.8 Å². The van der Waals surface area contributed by atoms with Crippen molar-refractivity contribution in [1.29, 1.82) is 0 Å². The van der Waals surface area contributed by atoms with Gasteiger partial charge < -0.3 is 30.4 Å². The number of ether oxygens (including phenoxy) is 1. The Morgan fingerprint density at radius 1 is 1.65 bits per heavy atom. The van der Waals surface area contributed by atoms with Gasteiger partial charge in [0.2, 0.25) is 0 Å². The van der Waals surface area contributed by atoms with Gasteiger partial charge in [-0.2, -0.15) is 0 Å². The van der Waals surface area contributed by atoms with E-state index < -0.39 is 11.0 Å². The third kappa shape index (κ3) is 8.31. The predicted molar refractivity (Wildman–Crippen MR) is 60.9 cm³/mol. The Hall–Kier alpha value is -1.51. The molecule has 8 heteroatoms. The van der Waals surface area contributed by atoms with Gasteiger partial charge in [0.25, 0.3) is 0 Å². The Balaban J connectivity index is 3.73. The van der Waals surface area contributed by atoms with Gasteiger partial charge in [0.15, 0.2) is 6.20 Å². The van der Waals surface area contributed by atoms with Gasteiger partial charge in [0.05, 0.1) is 12.7 Å². The molecule has 0 aliphatic carbocycles. The smallest absolute Gasteiger partial charge is 0.335 e. The number of nitrogens with one attached hydrogen (secondary N) is 1. The van der Waals surface area contributed by atoms with E-state index in [-0.39, 0.29) is 25.8 Å². The number of nitro groups is 1. The SMILES string of the molecule is CC(=N/C=C\NCO[C@@H](CO)CCO)[N+](=O)[O-]. The lowest BCUT2D eigenvalue weighted by atomic mass is 10.3. The fraction of sp³-hybridized carbons (Fsp3) is 0.667. The average Bonchev–Trinajstić information content (AvgIpc) is 2.31. The van der Waals surface area contributed by atoms with Crippen LogP contribution in [0.25, 0.3) is 0 Å². The van der Waals surface area contributed by atoms with Gasteiger partial charge in [-0.15, -0.1) is 0 Å². The zero-order chi connectivity index (χ0) is 13.1. The molecule has 0 saturated carbocycles. The second-order valence-corrected chi connectivity index (χ2v) is 3.08. The molecule has 17 heavy (non-hydrogen) atoms. The van der Waals surface area contributed by atoms with Crippen molar-refractivity contribution >= 4 is 5.84 Å².